The summed E-state index contributed by atoms with van der Waals surface area (Å²) in [6, 6.07) is 2.29. The molecule has 1 aromatic carbocycles. The smallest absolute Gasteiger partial charge is 0.292 e. The lowest BCUT2D eigenvalue weighted by molar-refractivity contribution is -0.383. The van der Waals surface area contributed by atoms with Crippen LogP contribution in [0.5, 0.6) is 0 Å². The van der Waals surface area contributed by atoms with Crippen LogP contribution in [0.2, 0.25) is 0 Å². The first-order valence-electron chi connectivity index (χ1n) is 5.91. The lowest BCUT2D eigenvalue weighted by Crippen LogP contribution is -2.30. The van der Waals surface area contributed by atoms with Gasteiger partial charge >= 0.3 is 0 Å². The minimum Gasteiger partial charge on any atom is -0.393 e. The lowest BCUT2D eigenvalue weighted by Gasteiger charge is -2.12. The molecule has 2 rings (SSSR count). The van der Waals surface area contributed by atoms with Crippen LogP contribution in [0.4, 0.5) is 11.4 Å². The van der Waals surface area contributed by atoms with Crippen LogP contribution in [-0.2, 0) is 0 Å². The quantitative estimate of drug-likeness (QED) is 0.384. The molecule has 7 heteroatoms. The topological polar surface area (TPSA) is 107 Å². The van der Waals surface area contributed by atoms with E-state index < -0.39 is 16.7 Å². The number of hydrogen-bond donors (Lipinski definition) is 1. The molecule has 7 nitrogen and oxygen atoms in total. The highest BCUT2D eigenvalue weighted by molar-refractivity contribution is 6.22. The fraction of sp³-hybridized carbons (Fsp3) is 0.333. The van der Waals surface area contributed by atoms with Crippen molar-refractivity contribution >= 4 is 23.2 Å². The summed E-state index contributed by atoms with van der Waals surface area (Å²) in [5.74, 6) is -0.924. The number of fused-ring (bicyclic) bond motifs is 1. The number of nitrogens with two attached hydrogens (primary N) is 1. The number of nitro benzene ring substituents is 1. The molecule has 0 aliphatic carbocycles. The number of nitrogen functional groups attached to an aromatic ring is 1. The molecule has 2 amide bonds. The van der Waals surface area contributed by atoms with E-state index in [1.54, 1.807) is 0 Å². The zero-order chi connectivity index (χ0) is 14.2. The molecule has 100 valence electrons. The summed E-state index contributed by atoms with van der Waals surface area (Å²) >= 11 is 0. The normalized spacial score (nSPS) is 13.8. The van der Waals surface area contributed by atoms with E-state index in [0.29, 0.717) is 13.0 Å². The Morgan fingerprint density at radius 2 is 1.84 bits per heavy atom. The number of carbonyl (C=O) groups excluding carboxylic acids is 2. The minimum atomic E-state index is -0.665. The second-order valence-corrected chi connectivity index (χ2v) is 4.33. The zero-order valence-corrected chi connectivity index (χ0v) is 10.4. The predicted octanol–water partition coefficient (Wildman–Crippen LogP) is 1.57. The molecule has 0 fully saturated rings. The van der Waals surface area contributed by atoms with Crippen molar-refractivity contribution in [2.75, 3.05) is 12.3 Å². The Kier molecular flexibility index (Phi) is 3.20. The van der Waals surface area contributed by atoms with E-state index >= 15 is 0 Å². The molecule has 0 bridgehead atoms. The van der Waals surface area contributed by atoms with Crippen molar-refractivity contribution in [2.24, 2.45) is 0 Å². The first-order chi connectivity index (χ1) is 8.97. The predicted molar refractivity (Wildman–Crippen MR) is 67.8 cm³/mol. The summed E-state index contributed by atoms with van der Waals surface area (Å²) in [6.07, 6.45) is 1.54. The molecule has 0 spiro atoms. The van der Waals surface area contributed by atoms with Crippen molar-refractivity contribution in [3.63, 3.8) is 0 Å². The molecule has 1 aromatic rings. The summed E-state index contributed by atoms with van der Waals surface area (Å²) < 4.78 is 0. The maximum atomic E-state index is 12.0. The molecular formula is C12H13N3O4. The summed E-state index contributed by atoms with van der Waals surface area (Å²) in [5.41, 5.74) is 5.27. The van der Waals surface area contributed by atoms with Crippen LogP contribution in [0.1, 0.15) is 40.5 Å². The molecular weight excluding hydrogens is 250 g/mol. The molecule has 0 saturated heterocycles. The highest BCUT2D eigenvalue weighted by atomic mass is 16.6. The highest BCUT2D eigenvalue weighted by Gasteiger charge is 2.37. The van der Waals surface area contributed by atoms with Gasteiger partial charge in [-0.1, -0.05) is 13.3 Å². The van der Waals surface area contributed by atoms with E-state index in [2.05, 4.69) is 0 Å². The molecule has 1 aliphatic heterocycles. The van der Waals surface area contributed by atoms with Crippen LogP contribution < -0.4 is 5.73 Å². The lowest BCUT2D eigenvalue weighted by atomic mass is 10.1. The first-order valence-corrected chi connectivity index (χ1v) is 5.91. The summed E-state index contributed by atoms with van der Waals surface area (Å²) in [4.78, 5) is 35.3. The number of hydrogen-bond acceptors (Lipinski definition) is 5. The summed E-state index contributed by atoms with van der Waals surface area (Å²) in [7, 11) is 0. The van der Waals surface area contributed by atoms with Crippen molar-refractivity contribution in [1.82, 2.24) is 4.90 Å². The van der Waals surface area contributed by atoms with Gasteiger partial charge < -0.3 is 5.73 Å². The van der Waals surface area contributed by atoms with Crippen LogP contribution in [0.15, 0.2) is 12.1 Å². The highest BCUT2D eigenvalue weighted by Crippen LogP contribution is 2.31. The van der Waals surface area contributed by atoms with Crippen molar-refractivity contribution in [3.05, 3.63) is 33.4 Å². The standard InChI is InChI=1S/C12H13N3O4/c1-2-3-4-14-11(16)7-5-9(13)10(15(18)19)6-8(7)12(14)17/h5-6H,2-4,13H2,1H3. The third-order valence-corrected chi connectivity index (χ3v) is 3.05. The van der Waals surface area contributed by atoms with Gasteiger partial charge in [-0.3, -0.25) is 24.6 Å². The number of rotatable bonds is 4. The number of anilines is 1. The van der Waals surface area contributed by atoms with E-state index in [-0.39, 0.29) is 22.5 Å². The SMILES string of the molecule is CCCCN1C(=O)c2cc(N)c([N+](=O)[O-])cc2C1=O. The average molecular weight is 263 g/mol. The average Bonchev–Trinajstić information content (AvgIpc) is 2.58. The van der Waals surface area contributed by atoms with Crippen LogP contribution in [-0.4, -0.2) is 28.2 Å². The number of nitro groups is 1. The Bertz CT molecular complexity index is 583. The van der Waals surface area contributed by atoms with Gasteiger partial charge in [0.1, 0.15) is 5.69 Å². The van der Waals surface area contributed by atoms with Crippen molar-refractivity contribution in [2.45, 2.75) is 19.8 Å². The molecule has 0 aromatic heterocycles. The second-order valence-electron chi connectivity index (χ2n) is 4.33. The van der Waals surface area contributed by atoms with Gasteiger partial charge in [0.2, 0.25) is 0 Å². The third kappa shape index (κ3) is 2.03. The second kappa shape index (κ2) is 4.68. The Labute approximate surface area is 109 Å². The van der Waals surface area contributed by atoms with Gasteiger partial charge in [0.15, 0.2) is 0 Å². The Morgan fingerprint density at radius 3 is 2.37 bits per heavy atom. The van der Waals surface area contributed by atoms with Gasteiger partial charge in [-0.25, -0.2) is 0 Å². The fourth-order valence-corrected chi connectivity index (χ4v) is 2.02. The van der Waals surface area contributed by atoms with E-state index in [9.17, 15) is 19.7 Å². The molecule has 1 heterocycles. The molecule has 0 atom stereocenters. The van der Waals surface area contributed by atoms with Gasteiger partial charge in [-0.05, 0) is 12.5 Å². The molecule has 0 radical (unpaired) electrons. The van der Waals surface area contributed by atoms with E-state index in [1.807, 2.05) is 6.92 Å². The Hall–Kier alpha value is -2.44. The monoisotopic (exact) mass is 263 g/mol. The van der Waals surface area contributed by atoms with Gasteiger partial charge in [0.25, 0.3) is 17.5 Å². The van der Waals surface area contributed by atoms with Gasteiger partial charge in [0, 0.05) is 12.6 Å². The largest absolute Gasteiger partial charge is 0.393 e. The molecule has 0 saturated carbocycles. The minimum absolute atomic E-state index is 0.0574. The van der Waals surface area contributed by atoms with Crippen LogP contribution in [0.3, 0.4) is 0 Å². The van der Waals surface area contributed by atoms with Crippen molar-refractivity contribution in [1.29, 1.82) is 0 Å². The van der Waals surface area contributed by atoms with Crippen LogP contribution >= 0.6 is 0 Å². The number of benzene rings is 1. The number of carbonyl (C=O) groups is 2. The van der Waals surface area contributed by atoms with Gasteiger partial charge in [-0.15, -0.1) is 0 Å². The zero-order valence-electron chi connectivity index (χ0n) is 10.4. The maximum Gasteiger partial charge on any atom is 0.292 e. The number of amides is 2. The number of imide groups is 1. The maximum absolute atomic E-state index is 12.0. The van der Waals surface area contributed by atoms with Crippen molar-refractivity contribution < 1.29 is 14.5 Å². The van der Waals surface area contributed by atoms with E-state index in [4.69, 9.17) is 5.73 Å². The van der Waals surface area contributed by atoms with Crippen LogP contribution in [0.25, 0.3) is 0 Å². The number of nitrogens with zero attached hydrogens (tertiary/aromatic N) is 2. The Morgan fingerprint density at radius 1 is 1.26 bits per heavy atom. The molecule has 0 unspecified atom stereocenters. The van der Waals surface area contributed by atoms with Gasteiger partial charge in [-0.2, -0.15) is 0 Å². The van der Waals surface area contributed by atoms with E-state index in [0.717, 1.165) is 17.4 Å². The summed E-state index contributed by atoms with van der Waals surface area (Å²) in [6.45, 7) is 2.26. The van der Waals surface area contributed by atoms with E-state index in [1.165, 1.54) is 6.07 Å². The summed E-state index contributed by atoms with van der Waals surface area (Å²) in [5, 5.41) is 10.8. The fourth-order valence-electron chi connectivity index (χ4n) is 2.02. The number of unbranched alkanes of at least 4 members (excludes halogenated alkanes) is 1. The van der Waals surface area contributed by atoms with Crippen molar-refractivity contribution in [3.8, 4) is 0 Å². The molecule has 2 N–H and O–H groups in total. The third-order valence-electron chi connectivity index (χ3n) is 3.05. The first kappa shape index (κ1) is 13.0. The van der Waals surface area contributed by atoms with Gasteiger partial charge in [0.05, 0.1) is 16.1 Å². The van der Waals surface area contributed by atoms with Crippen LogP contribution in [0, 0.1) is 10.1 Å². The molecule has 1 aliphatic rings. The molecule has 19 heavy (non-hydrogen) atoms. The Balaban J connectivity index is 2.45.